The predicted molar refractivity (Wildman–Crippen MR) is 141 cm³/mol. The maximum Gasteiger partial charge on any atom is 0.322 e. The van der Waals surface area contributed by atoms with Crippen LogP contribution in [0.1, 0.15) is 37.6 Å². The van der Waals surface area contributed by atoms with Crippen molar-refractivity contribution in [3.63, 3.8) is 0 Å². The topological polar surface area (TPSA) is 99.6 Å². The van der Waals surface area contributed by atoms with E-state index in [9.17, 15) is 13.2 Å². The Labute approximate surface area is 217 Å². The summed E-state index contributed by atoms with van der Waals surface area (Å²) in [5, 5.41) is 11.9. The Bertz CT molecular complexity index is 1260. The number of carboxylic acids is 1. The summed E-state index contributed by atoms with van der Waals surface area (Å²) in [6.07, 6.45) is 0. The van der Waals surface area contributed by atoms with Gasteiger partial charge in [-0.1, -0.05) is 68.8 Å². The molecule has 35 heavy (non-hydrogen) atoms. The first-order valence-corrected chi connectivity index (χ1v) is 12.5. The number of benzene rings is 2. The van der Waals surface area contributed by atoms with Crippen LogP contribution in [-0.4, -0.2) is 35.3 Å². The standard InChI is InChI=1S/C25H28ClN3O4S.ClH/c1-25(2,3)19-12-10-18(11-13-19)16-29(34(32,33)22-8-4-6-20(26)14-22)17-21-7-5-9-23(28-21)27-15-24(30)31;/h4-14H,15-17H2,1-3H3,(H,27,28)(H,30,31);1H. The highest BCUT2D eigenvalue weighted by Crippen LogP contribution is 2.26. The number of carbonyl (C=O) groups is 1. The highest BCUT2D eigenvalue weighted by Gasteiger charge is 2.26. The molecule has 2 aromatic carbocycles. The number of nitrogens with one attached hydrogen (secondary N) is 1. The monoisotopic (exact) mass is 537 g/mol. The molecule has 0 saturated heterocycles. The molecule has 0 fully saturated rings. The fourth-order valence-electron chi connectivity index (χ4n) is 3.33. The van der Waals surface area contributed by atoms with Crippen molar-refractivity contribution in [1.29, 1.82) is 0 Å². The van der Waals surface area contributed by atoms with E-state index >= 15 is 0 Å². The van der Waals surface area contributed by atoms with Crippen molar-refractivity contribution in [2.75, 3.05) is 11.9 Å². The molecule has 188 valence electrons. The molecule has 3 aromatic rings. The quantitative estimate of drug-likeness (QED) is 0.382. The van der Waals surface area contributed by atoms with E-state index in [4.69, 9.17) is 16.7 Å². The average Bonchev–Trinajstić information content (AvgIpc) is 2.77. The van der Waals surface area contributed by atoms with Gasteiger partial charge >= 0.3 is 5.97 Å². The molecule has 0 spiro atoms. The smallest absolute Gasteiger partial charge is 0.322 e. The summed E-state index contributed by atoms with van der Waals surface area (Å²) in [4.78, 5) is 15.3. The number of anilines is 1. The Kier molecular flexibility index (Phi) is 9.68. The van der Waals surface area contributed by atoms with Gasteiger partial charge in [0.2, 0.25) is 10.0 Å². The van der Waals surface area contributed by atoms with Crippen molar-refractivity contribution in [2.24, 2.45) is 0 Å². The third kappa shape index (κ3) is 7.93. The molecule has 0 aliphatic rings. The SMILES string of the molecule is CC(C)(C)c1ccc(CN(Cc2cccc(NCC(=O)O)n2)S(=O)(=O)c2cccc(Cl)c2)cc1.Cl. The maximum absolute atomic E-state index is 13.6. The van der Waals surface area contributed by atoms with E-state index in [0.717, 1.165) is 11.1 Å². The number of hydrogen-bond donors (Lipinski definition) is 2. The van der Waals surface area contributed by atoms with Crippen molar-refractivity contribution in [1.82, 2.24) is 9.29 Å². The van der Waals surface area contributed by atoms with Gasteiger partial charge in [0.1, 0.15) is 12.4 Å². The molecule has 0 amide bonds. The van der Waals surface area contributed by atoms with Crippen LogP contribution < -0.4 is 5.32 Å². The van der Waals surface area contributed by atoms with Gasteiger partial charge in [0.15, 0.2) is 0 Å². The second-order valence-electron chi connectivity index (χ2n) is 8.94. The Morgan fingerprint density at radius 2 is 1.69 bits per heavy atom. The van der Waals surface area contributed by atoms with Crippen LogP contribution in [0.5, 0.6) is 0 Å². The van der Waals surface area contributed by atoms with Crippen LogP contribution in [0.15, 0.2) is 71.6 Å². The first-order chi connectivity index (χ1) is 15.9. The molecule has 0 radical (unpaired) electrons. The highest BCUT2D eigenvalue weighted by molar-refractivity contribution is 7.89. The molecule has 1 heterocycles. The summed E-state index contributed by atoms with van der Waals surface area (Å²) < 4.78 is 28.5. The minimum Gasteiger partial charge on any atom is -0.480 e. The molecule has 10 heteroatoms. The first kappa shape index (κ1) is 28.6. The van der Waals surface area contributed by atoms with Gasteiger partial charge in [-0.3, -0.25) is 4.79 Å². The molecule has 0 unspecified atom stereocenters. The van der Waals surface area contributed by atoms with Crippen LogP contribution in [0, 0.1) is 0 Å². The number of halogens is 2. The first-order valence-electron chi connectivity index (χ1n) is 10.7. The number of aromatic nitrogens is 1. The summed E-state index contributed by atoms with van der Waals surface area (Å²) >= 11 is 6.07. The van der Waals surface area contributed by atoms with Gasteiger partial charge in [-0.2, -0.15) is 4.31 Å². The molecule has 7 nitrogen and oxygen atoms in total. The molecule has 3 rings (SSSR count). The second-order valence-corrected chi connectivity index (χ2v) is 11.3. The van der Waals surface area contributed by atoms with Crippen LogP contribution in [-0.2, 0) is 33.3 Å². The summed E-state index contributed by atoms with van der Waals surface area (Å²) in [6.45, 7) is 6.20. The third-order valence-electron chi connectivity index (χ3n) is 5.18. The van der Waals surface area contributed by atoms with Crippen LogP contribution in [0.4, 0.5) is 5.82 Å². The average molecular weight is 538 g/mol. The van der Waals surface area contributed by atoms with Crippen molar-refractivity contribution in [3.05, 3.63) is 88.6 Å². The van der Waals surface area contributed by atoms with E-state index in [1.165, 1.54) is 16.4 Å². The van der Waals surface area contributed by atoms with Crippen molar-refractivity contribution in [2.45, 2.75) is 44.2 Å². The van der Waals surface area contributed by atoms with E-state index in [1.54, 1.807) is 30.3 Å². The Hall–Kier alpha value is -2.65. The van der Waals surface area contributed by atoms with E-state index in [-0.39, 0.29) is 42.4 Å². The maximum atomic E-state index is 13.6. The molecule has 0 aliphatic carbocycles. The minimum atomic E-state index is -3.90. The second kappa shape index (κ2) is 11.9. The number of carboxylic acid groups (broad SMARTS) is 1. The number of aliphatic carboxylic acids is 1. The van der Waals surface area contributed by atoms with Gasteiger partial charge in [-0.05, 0) is 46.9 Å². The van der Waals surface area contributed by atoms with Crippen LogP contribution in [0.3, 0.4) is 0 Å². The van der Waals surface area contributed by atoms with Crippen LogP contribution in [0.2, 0.25) is 5.02 Å². The van der Waals surface area contributed by atoms with Crippen LogP contribution >= 0.6 is 24.0 Å². The fraction of sp³-hybridized carbons (Fsp3) is 0.280. The van der Waals surface area contributed by atoms with Gasteiger partial charge in [0.25, 0.3) is 0 Å². The molecule has 0 aliphatic heterocycles. The zero-order valence-corrected chi connectivity index (χ0v) is 22.1. The van der Waals surface area contributed by atoms with Gasteiger partial charge in [-0.25, -0.2) is 13.4 Å². The third-order valence-corrected chi connectivity index (χ3v) is 7.20. The normalized spacial score (nSPS) is 11.7. The van der Waals surface area contributed by atoms with E-state index in [2.05, 4.69) is 31.1 Å². The summed E-state index contributed by atoms with van der Waals surface area (Å²) in [5.74, 6) is -0.661. The van der Waals surface area contributed by atoms with Gasteiger partial charge in [-0.15, -0.1) is 12.4 Å². The Morgan fingerprint density at radius 3 is 2.29 bits per heavy atom. The Morgan fingerprint density at radius 1 is 1.03 bits per heavy atom. The highest BCUT2D eigenvalue weighted by atomic mass is 35.5. The fourth-order valence-corrected chi connectivity index (χ4v) is 5.03. The largest absolute Gasteiger partial charge is 0.480 e. The molecule has 0 bridgehead atoms. The molecular formula is C25H29Cl2N3O4S. The zero-order valence-electron chi connectivity index (χ0n) is 19.7. The Balaban J connectivity index is 0.00000432. The van der Waals surface area contributed by atoms with E-state index in [1.807, 2.05) is 24.3 Å². The molecule has 2 N–H and O–H groups in total. The van der Waals surface area contributed by atoms with E-state index < -0.39 is 16.0 Å². The summed E-state index contributed by atoms with van der Waals surface area (Å²) in [6, 6.07) is 19.1. The summed E-state index contributed by atoms with van der Waals surface area (Å²) in [7, 11) is -3.90. The molecule has 0 saturated carbocycles. The summed E-state index contributed by atoms with van der Waals surface area (Å²) in [5.41, 5.74) is 2.45. The van der Waals surface area contributed by atoms with Crippen molar-refractivity contribution >= 4 is 45.8 Å². The lowest BCUT2D eigenvalue weighted by molar-refractivity contribution is -0.134. The zero-order chi connectivity index (χ0) is 24.9. The number of rotatable bonds is 9. The van der Waals surface area contributed by atoms with Gasteiger partial charge < -0.3 is 10.4 Å². The van der Waals surface area contributed by atoms with Crippen molar-refractivity contribution < 1.29 is 18.3 Å². The number of hydrogen-bond acceptors (Lipinski definition) is 5. The lowest BCUT2D eigenvalue weighted by Gasteiger charge is -2.24. The van der Waals surface area contributed by atoms with Gasteiger partial charge in [0.05, 0.1) is 17.1 Å². The number of nitrogens with zero attached hydrogens (tertiary/aromatic N) is 2. The van der Waals surface area contributed by atoms with Gasteiger partial charge in [0, 0.05) is 11.6 Å². The van der Waals surface area contributed by atoms with Crippen LogP contribution in [0.25, 0.3) is 0 Å². The predicted octanol–water partition coefficient (Wildman–Crippen LogP) is 5.34. The molecule has 0 atom stereocenters. The number of pyridine rings is 1. The van der Waals surface area contributed by atoms with E-state index in [0.29, 0.717) is 16.5 Å². The van der Waals surface area contributed by atoms with Crippen molar-refractivity contribution in [3.8, 4) is 0 Å². The minimum absolute atomic E-state index is 0. The molecular weight excluding hydrogens is 509 g/mol. The number of sulfonamides is 1. The lowest BCUT2D eigenvalue weighted by atomic mass is 9.87. The lowest BCUT2D eigenvalue weighted by Crippen LogP contribution is -2.30. The molecule has 1 aromatic heterocycles.